The van der Waals surface area contributed by atoms with Crippen molar-refractivity contribution in [1.29, 1.82) is 0 Å². The van der Waals surface area contributed by atoms with Gasteiger partial charge in [-0.1, -0.05) is 36.4 Å². The highest BCUT2D eigenvalue weighted by molar-refractivity contribution is 5.16. The Kier molecular flexibility index (Phi) is 4.87. The van der Waals surface area contributed by atoms with E-state index in [1.54, 1.807) is 6.08 Å². The van der Waals surface area contributed by atoms with E-state index in [4.69, 9.17) is 18.9 Å². The van der Waals surface area contributed by atoms with Crippen LogP contribution in [-0.2, 0) is 18.9 Å². The smallest absolute Gasteiger partial charge is 0.187 e. The van der Waals surface area contributed by atoms with Gasteiger partial charge in [0.2, 0.25) is 0 Å². The van der Waals surface area contributed by atoms with Gasteiger partial charge in [-0.15, -0.1) is 6.58 Å². The van der Waals surface area contributed by atoms with Crippen molar-refractivity contribution in [2.45, 2.75) is 37.0 Å². The fourth-order valence-corrected chi connectivity index (χ4v) is 2.66. The Morgan fingerprint density at radius 2 is 1.95 bits per heavy atom. The first-order valence-corrected chi connectivity index (χ1v) is 7.27. The van der Waals surface area contributed by atoms with Gasteiger partial charge >= 0.3 is 0 Å². The Morgan fingerprint density at radius 3 is 2.68 bits per heavy atom. The Balaban J connectivity index is 1.69. The van der Waals surface area contributed by atoms with Crippen LogP contribution in [0.4, 0.5) is 0 Å². The molecule has 2 aliphatic heterocycles. The second kappa shape index (κ2) is 6.87. The van der Waals surface area contributed by atoms with Gasteiger partial charge in [-0.2, -0.15) is 0 Å². The average Bonchev–Trinajstić information content (AvgIpc) is 2.57. The number of fused-ring (bicyclic) bond motifs is 1. The van der Waals surface area contributed by atoms with E-state index in [0.29, 0.717) is 0 Å². The molecule has 1 aromatic carbocycles. The summed E-state index contributed by atoms with van der Waals surface area (Å²) in [5, 5.41) is 20.4. The van der Waals surface area contributed by atoms with Crippen LogP contribution in [-0.4, -0.2) is 54.1 Å². The van der Waals surface area contributed by atoms with E-state index in [9.17, 15) is 10.2 Å². The summed E-state index contributed by atoms with van der Waals surface area (Å²) < 4.78 is 22.4. The largest absolute Gasteiger partial charge is 0.387 e. The van der Waals surface area contributed by atoms with Gasteiger partial charge in [0, 0.05) is 5.56 Å². The number of rotatable bonds is 4. The lowest BCUT2D eigenvalue weighted by atomic mass is 9.98. The minimum absolute atomic E-state index is 0.222. The molecule has 3 rings (SSSR count). The van der Waals surface area contributed by atoms with Gasteiger partial charge in [0.05, 0.1) is 13.2 Å². The molecule has 0 amide bonds. The summed E-state index contributed by atoms with van der Waals surface area (Å²) >= 11 is 0. The minimum atomic E-state index is -1.18. The van der Waals surface area contributed by atoms with Crippen LogP contribution in [0, 0.1) is 0 Å². The summed E-state index contributed by atoms with van der Waals surface area (Å²) in [6.07, 6.45) is -3.41. The Bertz CT molecular complexity index is 491. The standard InChI is InChI=1S/C16H20O6/c1-2-8-19-16-13(18)12(17)14-11(21-16)9-20-15(22-14)10-6-4-3-5-7-10/h2-7,11-18H,1,8-9H2/t11?,12-,13?,14-,15?,16-/m1/s1. The second-order valence-corrected chi connectivity index (χ2v) is 5.32. The molecule has 2 N–H and O–H groups in total. The zero-order chi connectivity index (χ0) is 15.5. The third kappa shape index (κ3) is 3.08. The van der Waals surface area contributed by atoms with Crippen LogP contribution in [0.15, 0.2) is 43.0 Å². The highest BCUT2D eigenvalue weighted by Gasteiger charge is 2.49. The third-order valence-corrected chi connectivity index (χ3v) is 3.78. The average molecular weight is 308 g/mol. The van der Waals surface area contributed by atoms with Crippen molar-refractivity contribution in [3.63, 3.8) is 0 Å². The van der Waals surface area contributed by atoms with Crippen molar-refractivity contribution >= 4 is 0 Å². The van der Waals surface area contributed by atoms with Crippen LogP contribution < -0.4 is 0 Å². The Morgan fingerprint density at radius 1 is 1.18 bits per heavy atom. The number of hydrogen-bond donors (Lipinski definition) is 2. The summed E-state index contributed by atoms with van der Waals surface area (Å²) in [7, 11) is 0. The lowest BCUT2D eigenvalue weighted by Crippen LogP contribution is -2.62. The van der Waals surface area contributed by atoms with Crippen molar-refractivity contribution in [2.75, 3.05) is 13.2 Å². The predicted octanol–water partition coefficient (Wildman–Crippen LogP) is 0.750. The Labute approximate surface area is 128 Å². The van der Waals surface area contributed by atoms with E-state index < -0.39 is 37.0 Å². The van der Waals surface area contributed by atoms with Crippen LogP contribution in [0.3, 0.4) is 0 Å². The minimum Gasteiger partial charge on any atom is -0.387 e. The third-order valence-electron chi connectivity index (χ3n) is 3.78. The number of benzene rings is 1. The second-order valence-electron chi connectivity index (χ2n) is 5.32. The summed E-state index contributed by atoms with van der Waals surface area (Å²) in [5.74, 6) is 0. The number of aliphatic hydroxyl groups excluding tert-OH is 2. The normalized spacial score (nSPS) is 38.3. The molecule has 22 heavy (non-hydrogen) atoms. The molecule has 3 unspecified atom stereocenters. The first-order chi connectivity index (χ1) is 10.7. The zero-order valence-electron chi connectivity index (χ0n) is 12.1. The number of aliphatic hydroxyl groups is 2. The van der Waals surface area contributed by atoms with Crippen LogP contribution in [0.25, 0.3) is 0 Å². The van der Waals surface area contributed by atoms with Crippen LogP contribution in [0.1, 0.15) is 11.9 Å². The quantitative estimate of drug-likeness (QED) is 0.799. The van der Waals surface area contributed by atoms with Gasteiger partial charge in [-0.05, 0) is 0 Å². The molecule has 120 valence electrons. The Hall–Kier alpha value is -1.28. The molecule has 6 heteroatoms. The monoisotopic (exact) mass is 308 g/mol. The van der Waals surface area contributed by atoms with Crippen LogP contribution in [0.5, 0.6) is 0 Å². The van der Waals surface area contributed by atoms with E-state index in [1.807, 2.05) is 30.3 Å². The van der Waals surface area contributed by atoms with Gasteiger partial charge in [-0.3, -0.25) is 0 Å². The van der Waals surface area contributed by atoms with Gasteiger partial charge in [0.25, 0.3) is 0 Å². The van der Waals surface area contributed by atoms with Gasteiger partial charge in [-0.25, -0.2) is 0 Å². The lowest BCUT2D eigenvalue weighted by molar-refractivity contribution is -0.360. The van der Waals surface area contributed by atoms with Crippen molar-refractivity contribution in [2.24, 2.45) is 0 Å². The molecule has 2 fully saturated rings. The maximum atomic E-state index is 10.3. The molecule has 2 aliphatic rings. The summed E-state index contributed by atoms with van der Waals surface area (Å²) in [6.45, 7) is 4.01. The fourth-order valence-electron chi connectivity index (χ4n) is 2.66. The predicted molar refractivity (Wildman–Crippen MR) is 76.8 cm³/mol. The molecule has 6 nitrogen and oxygen atoms in total. The molecular formula is C16H20O6. The molecule has 0 spiro atoms. The molecule has 2 saturated heterocycles. The molecule has 0 aliphatic carbocycles. The van der Waals surface area contributed by atoms with Crippen molar-refractivity contribution in [3.05, 3.63) is 48.6 Å². The van der Waals surface area contributed by atoms with E-state index in [-0.39, 0.29) is 13.2 Å². The van der Waals surface area contributed by atoms with Crippen molar-refractivity contribution in [1.82, 2.24) is 0 Å². The van der Waals surface area contributed by atoms with Crippen LogP contribution >= 0.6 is 0 Å². The topological polar surface area (TPSA) is 77.4 Å². The highest BCUT2D eigenvalue weighted by Crippen LogP contribution is 2.34. The molecule has 0 saturated carbocycles. The van der Waals surface area contributed by atoms with Crippen LogP contribution in [0.2, 0.25) is 0 Å². The summed E-state index contributed by atoms with van der Waals surface area (Å²) in [5.41, 5.74) is 0.854. The molecule has 1 aromatic rings. The summed E-state index contributed by atoms with van der Waals surface area (Å²) in [4.78, 5) is 0. The van der Waals surface area contributed by atoms with E-state index >= 15 is 0 Å². The van der Waals surface area contributed by atoms with E-state index in [0.717, 1.165) is 5.56 Å². The zero-order valence-corrected chi connectivity index (χ0v) is 12.1. The lowest BCUT2D eigenvalue weighted by Gasteiger charge is -2.46. The van der Waals surface area contributed by atoms with Gasteiger partial charge in [0.15, 0.2) is 12.6 Å². The highest BCUT2D eigenvalue weighted by atomic mass is 16.8. The van der Waals surface area contributed by atoms with Gasteiger partial charge in [0.1, 0.15) is 24.4 Å². The fraction of sp³-hybridized carbons (Fsp3) is 0.500. The van der Waals surface area contributed by atoms with E-state index in [1.165, 1.54) is 0 Å². The van der Waals surface area contributed by atoms with Crippen molar-refractivity contribution in [3.8, 4) is 0 Å². The first-order valence-electron chi connectivity index (χ1n) is 7.27. The molecule has 0 aromatic heterocycles. The van der Waals surface area contributed by atoms with Gasteiger partial charge < -0.3 is 29.2 Å². The molecule has 2 heterocycles. The molecule has 0 radical (unpaired) electrons. The number of ether oxygens (including phenoxy) is 4. The number of hydrogen-bond acceptors (Lipinski definition) is 6. The van der Waals surface area contributed by atoms with Crippen molar-refractivity contribution < 1.29 is 29.2 Å². The first kappa shape index (κ1) is 15.6. The van der Waals surface area contributed by atoms with E-state index in [2.05, 4.69) is 6.58 Å². The maximum absolute atomic E-state index is 10.3. The summed E-state index contributed by atoms with van der Waals surface area (Å²) in [6, 6.07) is 9.44. The molecule has 0 bridgehead atoms. The maximum Gasteiger partial charge on any atom is 0.187 e. The molecular weight excluding hydrogens is 288 g/mol. The molecule has 6 atom stereocenters. The SMILES string of the molecule is C=CCO[C@@H]1OC2COC(c3ccccc3)O[C@H]2[C@H](O)C1O.